The summed E-state index contributed by atoms with van der Waals surface area (Å²) >= 11 is 3.29. The van der Waals surface area contributed by atoms with Crippen LogP contribution in [0.1, 0.15) is 5.56 Å². The van der Waals surface area contributed by atoms with Gasteiger partial charge in [-0.1, -0.05) is 27.8 Å². The van der Waals surface area contributed by atoms with Crippen LogP contribution < -0.4 is 4.90 Å². The maximum atomic E-state index is 5.33. The molecule has 84 valence electrons. The number of hydrogen-bond acceptors (Lipinski definition) is 2. The van der Waals surface area contributed by atoms with Crippen molar-refractivity contribution in [2.45, 2.75) is 0 Å². The summed E-state index contributed by atoms with van der Waals surface area (Å²) in [6.07, 6.45) is 0. The van der Waals surface area contributed by atoms with Crippen LogP contribution in [0, 0.1) is 11.8 Å². The molecule has 2 rings (SSSR count). The number of halogens is 1. The van der Waals surface area contributed by atoms with Crippen LogP contribution in [0.5, 0.6) is 0 Å². The number of hydrogen-bond donors (Lipinski definition) is 0. The summed E-state index contributed by atoms with van der Waals surface area (Å²) in [5, 5.41) is 0.720. The van der Waals surface area contributed by atoms with Gasteiger partial charge in [0, 0.05) is 24.3 Å². The minimum Gasteiger partial charge on any atom is -0.378 e. The van der Waals surface area contributed by atoms with E-state index >= 15 is 0 Å². The van der Waals surface area contributed by atoms with Crippen LogP contribution in [0.2, 0.25) is 0 Å². The number of ether oxygens (including phenoxy) is 1. The van der Waals surface area contributed by atoms with E-state index in [1.807, 2.05) is 0 Å². The summed E-state index contributed by atoms with van der Waals surface area (Å²) in [7, 11) is 0. The van der Waals surface area contributed by atoms with Gasteiger partial charge < -0.3 is 9.64 Å². The first-order valence-electron chi connectivity index (χ1n) is 5.38. The Labute approximate surface area is 105 Å². The molecule has 2 nitrogen and oxygen atoms in total. The molecule has 0 amide bonds. The maximum absolute atomic E-state index is 5.33. The van der Waals surface area contributed by atoms with Crippen molar-refractivity contribution in [3.8, 4) is 11.8 Å². The summed E-state index contributed by atoms with van der Waals surface area (Å²) < 4.78 is 5.33. The molecule has 0 aromatic heterocycles. The van der Waals surface area contributed by atoms with Gasteiger partial charge in [0.15, 0.2) is 0 Å². The lowest BCUT2D eigenvalue weighted by molar-refractivity contribution is 0.122. The molecular formula is C13H14BrNO. The van der Waals surface area contributed by atoms with E-state index in [-0.39, 0.29) is 0 Å². The minimum absolute atomic E-state index is 0.720. The van der Waals surface area contributed by atoms with Crippen molar-refractivity contribution in [3.05, 3.63) is 29.8 Å². The predicted molar refractivity (Wildman–Crippen MR) is 70.1 cm³/mol. The molecule has 3 heteroatoms. The standard InChI is InChI=1S/C13H14BrNO/c14-7-1-2-12-3-5-13(6-4-12)15-8-10-16-11-9-15/h3-6H,7-11H2. The van der Waals surface area contributed by atoms with E-state index in [1.165, 1.54) is 5.69 Å². The molecule has 0 unspecified atom stereocenters. The van der Waals surface area contributed by atoms with Gasteiger partial charge in [0.25, 0.3) is 0 Å². The molecule has 0 aliphatic carbocycles. The topological polar surface area (TPSA) is 12.5 Å². The second-order valence-electron chi connectivity index (χ2n) is 3.58. The Morgan fingerprint density at radius 2 is 1.88 bits per heavy atom. The SMILES string of the molecule is BrCC#Cc1ccc(N2CCOCC2)cc1. The lowest BCUT2D eigenvalue weighted by atomic mass is 10.2. The van der Waals surface area contributed by atoms with E-state index in [4.69, 9.17) is 4.74 Å². The Balaban J connectivity index is 2.06. The predicted octanol–water partition coefficient (Wildman–Crippen LogP) is 2.27. The van der Waals surface area contributed by atoms with Gasteiger partial charge in [0.1, 0.15) is 0 Å². The third-order valence-corrected chi connectivity index (χ3v) is 2.82. The molecule has 0 N–H and O–H groups in total. The fraction of sp³-hybridized carbons (Fsp3) is 0.385. The van der Waals surface area contributed by atoms with E-state index in [2.05, 4.69) is 56.9 Å². The van der Waals surface area contributed by atoms with Crippen molar-refractivity contribution in [2.24, 2.45) is 0 Å². The fourth-order valence-electron chi connectivity index (χ4n) is 1.71. The maximum Gasteiger partial charge on any atom is 0.0649 e. The Morgan fingerprint density at radius 3 is 2.50 bits per heavy atom. The molecule has 1 aliphatic heterocycles. The van der Waals surface area contributed by atoms with Crippen molar-refractivity contribution in [1.29, 1.82) is 0 Å². The molecule has 0 radical (unpaired) electrons. The highest BCUT2D eigenvalue weighted by Crippen LogP contribution is 2.16. The first-order valence-corrected chi connectivity index (χ1v) is 6.50. The van der Waals surface area contributed by atoms with Gasteiger partial charge in [-0.3, -0.25) is 0 Å². The number of benzene rings is 1. The average Bonchev–Trinajstić information content (AvgIpc) is 2.38. The van der Waals surface area contributed by atoms with Crippen molar-refractivity contribution in [1.82, 2.24) is 0 Å². The lowest BCUT2D eigenvalue weighted by Crippen LogP contribution is -2.36. The Hall–Kier alpha value is -0.980. The normalized spacial score (nSPS) is 15.4. The number of morpholine rings is 1. The monoisotopic (exact) mass is 279 g/mol. The van der Waals surface area contributed by atoms with Gasteiger partial charge in [-0.05, 0) is 24.3 Å². The summed E-state index contributed by atoms with van der Waals surface area (Å²) in [5.74, 6) is 6.08. The van der Waals surface area contributed by atoms with Crippen molar-refractivity contribution in [3.63, 3.8) is 0 Å². The van der Waals surface area contributed by atoms with Crippen LogP contribution in [-0.2, 0) is 4.74 Å². The van der Waals surface area contributed by atoms with Crippen LogP contribution >= 0.6 is 15.9 Å². The van der Waals surface area contributed by atoms with Crippen LogP contribution in [0.15, 0.2) is 24.3 Å². The first kappa shape index (κ1) is 11.5. The van der Waals surface area contributed by atoms with Crippen LogP contribution in [0.4, 0.5) is 5.69 Å². The molecule has 0 bridgehead atoms. The lowest BCUT2D eigenvalue weighted by Gasteiger charge is -2.28. The highest BCUT2D eigenvalue weighted by Gasteiger charge is 2.10. The molecule has 0 saturated carbocycles. The van der Waals surface area contributed by atoms with Crippen LogP contribution in [0.3, 0.4) is 0 Å². The third kappa shape index (κ3) is 3.01. The Bertz CT molecular complexity index is 385. The summed E-state index contributed by atoms with van der Waals surface area (Å²) in [5.41, 5.74) is 2.32. The summed E-state index contributed by atoms with van der Waals surface area (Å²) in [6.45, 7) is 3.61. The molecule has 1 aromatic carbocycles. The van der Waals surface area contributed by atoms with Crippen molar-refractivity contribution >= 4 is 21.6 Å². The Morgan fingerprint density at radius 1 is 1.19 bits per heavy atom. The zero-order valence-electron chi connectivity index (χ0n) is 9.08. The van der Waals surface area contributed by atoms with Crippen LogP contribution in [0.25, 0.3) is 0 Å². The van der Waals surface area contributed by atoms with E-state index in [9.17, 15) is 0 Å². The molecule has 1 aliphatic rings. The molecule has 16 heavy (non-hydrogen) atoms. The second-order valence-corrected chi connectivity index (χ2v) is 4.14. The minimum atomic E-state index is 0.720. The van der Waals surface area contributed by atoms with E-state index < -0.39 is 0 Å². The number of anilines is 1. The molecular weight excluding hydrogens is 266 g/mol. The smallest absolute Gasteiger partial charge is 0.0649 e. The van der Waals surface area contributed by atoms with Crippen molar-refractivity contribution < 1.29 is 4.74 Å². The van der Waals surface area contributed by atoms with Crippen molar-refractivity contribution in [2.75, 3.05) is 36.5 Å². The molecule has 1 heterocycles. The molecule has 1 saturated heterocycles. The zero-order valence-corrected chi connectivity index (χ0v) is 10.7. The van der Waals surface area contributed by atoms with Gasteiger partial charge in [-0.25, -0.2) is 0 Å². The average molecular weight is 280 g/mol. The van der Waals surface area contributed by atoms with Crippen LogP contribution in [-0.4, -0.2) is 31.6 Å². The van der Waals surface area contributed by atoms with Gasteiger partial charge in [-0.2, -0.15) is 0 Å². The highest BCUT2D eigenvalue weighted by atomic mass is 79.9. The zero-order chi connectivity index (χ0) is 11.2. The van der Waals surface area contributed by atoms with Gasteiger partial charge in [0.05, 0.1) is 18.5 Å². The van der Waals surface area contributed by atoms with Gasteiger partial charge in [-0.15, -0.1) is 0 Å². The van der Waals surface area contributed by atoms with Gasteiger partial charge >= 0.3 is 0 Å². The molecule has 0 spiro atoms. The number of alkyl halides is 1. The molecule has 0 atom stereocenters. The molecule has 1 aromatic rings. The quantitative estimate of drug-likeness (QED) is 0.578. The largest absolute Gasteiger partial charge is 0.378 e. The van der Waals surface area contributed by atoms with E-state index in [1.54, 1.807) is 0 Å². The summed E-state index contributed by atoms with van der Waals surface area (Å²) in [4.78, 5) is 2.34. The summed E-state index contributed by atoms with van der Waals surface area (Å²) in [6, 6.07) is 8.40. The fourth-order valence-corrected chi connectivity index (χ4v) is 1.85. The highest BCUT2D eigenvalue weighted by molar-refractivity contribution is 9.09. The van der Waals surface area contributed by atoms with E-state index in [0.717, 1.165) is 37.2 Å². The van der Waals surface area contributed by atoms with E-state index in [0.29, 0.717) is 0 Å². The second kappa shape index (κ2) is 5.93. The number of rotatable bonds is 1. The van der Waals surface area contributed by atoms with Gasteiger partial charge in [0.2, 0.25) is 0 Å². The first-order chi connectivity index (χ1) is 7.90. The number of nitrogens with zero attached hydrogens (tertiary/aromatic N) is 1. The third-order valence-electron chi connectivity index (χ3n) is 2.54. The Kier molecular flexibility index (Phi) is 4.26. The molecule has 1 fully saturated rings.